The molecule has 1 aliphatic rings. The molecule has 5 nitrogen and oxygen atoms in total. The summed E-state index contributed by atoms with van der Waals surface area (Å²) in [5, 5.41) is 9.79. The van der Waals surface area contributed by atoms with Crippen LogP contribution in [0.1, 0.15) is 28.7 Å². The average Bonchev–Trinajstić information content (AvgIpc) is 2.79. The molecule has 0 saturated heterocycles. The van der Waals surface area contributed by atoms with Gasteiger partial charge in [-0.1, -0.05) is 18.2 Å². The zero-order valence-electron chi connectivity index (χ0n) is 15.7. The number of phenolic OH excluding ortho intramolecular Hbond substituents is 1. The SMILES string of the molecule is COC(=O)CC1Cc2ccc(O)cc2CN(Cc2ccc(C(F)(F)F)cc2)C1=O. The monoisotopic (exact) mass is 407 g/mol. The molecule has 1 N–H and O–H groups in total. The Labute approximate surface area is 165 Å². The predicted molar refractivity (Wildman–Crippen MR) is 97.6 cm³/mol. The van der Waals surface area contributed by atoms with Crippen molar-refractivity contribution in [3.63, 3.8) is 0 Å². The van der Waals surface area contributed by atoms with Gasteiger partial charge in [-0.3, -0.25) is 9.59 Å². The molecule has 0 fully saturated rings. The number of nitrogens with zero attached hydrogens (tertiary/aromatic N) is 1. The molecule has 0 saturated carbocycles. The van der Waals surface area contributed by atoms with Gasteiger partial charge in [-0.2, -0.15) is 13.2 Å². The van der Waals surface area contributed by atoms with Crippen LogP contribution in [0.2, 0.25) is 0 Å². The van der Waals surface area contributed by atoms with Crippen molar-refractivity contribution in [2.75, 3.05) is 7.11 Å². The van der Waals surface area contributed by atoms with Gasteiger partial charge in [0.15, 0.2) is 0 Å². The van der Waals surface area contributed by atoms with Crippen molar-refractivity contribution < 1.29 is 32.6 Å². The van der Waals surface area contributed by atoms with E-state index in [4.69, 9.17) is 4.74 Å². The summed E-state index contributed by atoms with van der Waals surface area (Å²) < 4.78 is 43.0. The number of hydrogen-bond acceptors (Lipinski definition) is 4. The lowest BCUT2D eigenvalue weighted by atomic mass is 9.94. The second-order valence-corrected chi connectivity index (χ2v) is 7.02. The third kappa shape index (κ3) is 4.88. The molecule has 3 rings (SSSR count). The lowest BCUT2D eigenvalue weighted by molar-refractivity contribution is -0.147. The molecule has 0 bridgehead atoms. The maximum absolute atomic E-state index is 13.1. The number of halogens is 3. The molecule has 154 valence electrons. The van der Waals surface area contributed by atoms with Gasteiger partial charge < -0.3 is 14.7 Å². The molecule has 1 amide bonds. The number of ether oxygens (including phenoxy) is 1. The zero-order valence-corrected chi connectivity index (χ0v) is 15.7. The van der Waals surface area contributed by atoms with Gasteiger partial charge >= 0.3 is 12.1 Å². The minimum atomic E-state index is -4.43. The number of fused-ring (bicyclic) bond motifs is 1. The minimum Gasteiger partial charge on any atom is -0.508 e. The molecule has 29 heavy (non-hydrogen) atoms. The summed E-state index contributed by atoms with van der Waals surface area (Å²) in [4.78, 5) is 26.3. The molecular formula is C21H20F3NO4. The number of methoxy groups -OCH3 is 1. The summed E-state index contributed by atoms with van der Waals surface area (Å²) in [7, 11) is 1.25. The van der Waals surface area contributed by atoms with Gasteiger partial charge in [-0.05, 0) is 47.4 Å². The first kappa shape index (κ1) is 20.7. The topological polar surface area (TPSA) is 66.8 Å². The van der Waals surface area contributed by atoms with Crippen molar-refractivity contribution in [2.24, 2.45) is 5.92 Å². The van der Waals surface area contributed by atoms with E-state index in [0.717, 1.165) is 23.3 Å². The van der Waals surface area contributed by atoms with E-state index in [0.29, 0.717) is 12.0 Å². The largest absolute Gasteiger partial charge is 0.508 e. The van der Waals surface area contributed by atoms with Crippen LogP contribution in [0.3, 0.4) is 0 Å². The van der Waals surface area contributed by atoms with Crippen LogP contribution in [-0.2, 0) is 40.0 Å². The highest BCUT2D eigenvalue weighted by Crippen LogP contribution is 2.31. The Morgan fingerprint density at radius 3 is 2.48 bits per heavy atom. The van der Waals surface area contributed by atoms with Crippen LogP contribution in [0, 0.1) is 5.92 Å². The van der Waals surface area contributed by atoms with E-state index in [2.05, 4.69) is 0 Å². The first-order chi connectivity index (χ1) is 13.7. The molecule has 1 heterocycles. The lowest BCUT2D eigenvalue weighted by Gasteiger charge is -2.24. The smallest absolute Gasteiger partial charge is 0.416 e. The second kappa shape index (κ2) is 8.14. The normalized spacial score (nSPS) is 16.9. The summed E-state index contributed by atoms with van der Waals surface area (Å²) in [6.07, 6.45) is -4.22. The molecular weight excluding hydrogens is 387 g/mol. The van der Waals surface area contributed by atoms with Gasteiger partial charge in [0.05, 0.1) is 25.0 Å². The number of aromatic hydroxyl groups is 1. The number of phenols is 1. The molecule has 1 unspecified atom stereocenters. The van der Waals surface area contributed by atoms with E-state index in [1.165, 1.54) is 30.2 Å². The van der Waals surface area contributed by atoms with E-state index in [1.807, 2.05) is 0 Å². The van der Waals surface area contributed by atoms with Crippen LogP contribution < -0.4 is 0 Å². The Bertz CT molecular complexity index is 909. The van der Waals surface area contributed by atoms with Crippen molar-refractivity contribution >= 4 is 11.9 Å². The van der Waals surface area contributed by atoms with Crippen molar-refractivity contribution in [3.8, 4) is 5.75 Å². The fraction of sp³-hybridized carbons (Fsp3) is 0.333. The molecule has 0 aromatic heterocycles. The van der Waals surface area contributed by atoms with Crippen LogP contribution in [0.5, 0.6) is 5.75 Å². The molecule has 0 aliphatic carbocycles. The average molecular weight is 407 g/mol. The van der Waals surface area contributed by atoms with E-state index in [1.54, 1.807) is 12.1 Å². The fourth-order valence-corrected chi connectivity index (χ4v) is 3.45. The zero-order chi connectivity index (χ0) is 21.2. The van der Waals surface area contributed by atoms with Gasteiger partial charge in [-0.15, -0.1) is 0 Å². The number of hydrogen-bond donors (Lipinski definition) is 1. The highest BCUT2D eigenvalue weighted by molar-refractivity contribution is 5.84. The fourth-order valence-electron chi connectivity index (χ4n) is 3.45. The van der Waals surface area contributed by atoms with Crippen molar-refractivity contribution in [1.29, 1.82) is 0 Å². The number of carbonyl (C=O) groups excluding carboxylic acids is 2. The Morgan fingerprint density at radius 1 is 1.17 bits per heavy atom. The highest BCUT2D eigenvalue weighted by Gasteiger charge is 2.33. The van der Waals surface area contributed by atoms with Gasteiger partial charge in [0.2, 0.25) is 5.91 Å². The third-order valence-electron chi connectivity index (χ3n) is 4.97. The summed E-state index contributed by atoms with van der Waals surface area (Å²) in [5.41, 5.74) is 1.34. The third-order valence-corrected chi connectivity index (χ3v) is 4.97. The quantitative estimate of drug-likeness (QED) is 0.786. The van der Waals surface area contributed by atoms with Gasteiger partial charge in [0.1, 0.15) is 5.75 Å². The molecule has 2 aromatic rings. The maximum atomic E-state index is 13.1. The highest BCUT2D eigenvalue weighted by atomic mass is 19.4. The lowest BCUT2D eigenvalue weighted by Crippen LogP contribution is -2.35. The number of esters is 1. The molecule has 1 aliphatic heterocycles. The van der Waals surface area contributed by atoms with Crippen molar-refractivity contribution in [1.82, 2.24) is 4.90 Å². The van der Waals surface area contributed by atoms with Crippen LogP contribution in [-0.4, -0.2) is 29.0 Å². The number of amides is 1. The number of benzene rings is 2. The Balaban J connectivity index is 1.89. The molecule has 8 heteroatoms. The van der Waals surface area contributed by atoms with E-state index in [9.17, 15) is 27.9 Å². The summed E-state index contributed by atoms with van der Waals surface area (Å²) in [5.74, 6) is -1.40. The number of rotatable bonds is 4. The number of alkyl halides is 3. The van der Waals surface area contributed by atoms with Crippen LogP contribution in [0.4, 0.5) is 13.2 Å². The minimum absolute atomic E-state index is 0.0529. The number of carbonyl (C=O) groups is 2. The van der Waals surface area contributed by atoms with Crippen molar-refractivity contribution in [3.05, 3.63) is 64.7 Å². The Kier molecular flexibility index (Phi) is 5.81. The predicted octanol–water partition coefficient (Wildman–Crippen LogP) is 3.68. The molecule has 1 atom stereocenters. The van der Waals surface area contributed by atoms with E-state index < -0.39 is 23.6 Å². The maximum Gasteiger partial charge on any atom is 0.416 e. The Hall–Kier alpha value is -3.03. The van der Waals surface area contributed by atoms with Crippen molar-refractivity contribution in [2.45, 2.75) is 32.1 Å². The Morgan fingerprint density at radius 2 is 1.86 bits per heavy atom. The molecule has 2 aromatic carbocycles. The van der Waals surface area contributed by atoms with Gasteiger partial charge in [0.25, 0.3) is 0 Å². The second-order valence-electron chi connectivity index (χ2n) is 7.02. The van der Waals surface area contributed by atoms with Crippen LogP contribution in [0.25, 0.3) is 0 Å². The standard InChI is InChI=1S/C21H20F3NO4/c1-29-19(27)10-15-8-14-4-7-18(26)9-16(14)12-25(20(15)28)11-13-2-5-17(6-3-13)21(22,23)24/h2-7,9,15,26H,8,10-12H2,1H3. The van der Waals surface area contributed by atoms with Crippen LogP contribution in [0.15, 0.2) is 42.5 Å². The summed E-state index contributed by atoms with van der Waals surface area (Å²) in [6.45, 7) is 0.269. The van der Waals surface area contributed by atoms with Gasteiger partial charge in [0, 0.05) is 13.1 Å². The van der Waals surface area contributed by atoms with Crippen LogP contribution >= 0.6 is 0 Å². The summed E-state index contributed by atoms with van der Waals surface area (Å²) in [6, 6.07) is 9.41. The first-order valence-electron chi connectivity index (χ1n) is 9.00. The molecule has 0 radical (unpaired) electrons. The van der Waals surface area contributed by atoms with Gasteiger partial charge in [-0.25, -0.2) is 0 Å². The van der Waals surface area contributed by atoms with E-state index >= 15 is 0 Å². The summed E-state index contributed by atoms with van der Waals surface area (Å²) >= 11 is 0. The first-order valence-corrected chi connectivity index (χ1v) is 9.00. The molecule has 0 spiro atoms. The van der Waals surface area contributed by atoms with E-state index in [-0.39, 0.29) is 31.2 Å².